The van der Waals surface area contributed by atoms with Gasteiger partial charge in [0.25, 0.3) is 0 Å². The minimum absolute atomic E-state index is 0.765. The van der Waals surface area contributed by atoms with E-state index in [4.69, 9.17) is 4.98 Å². The van der Waals surface area contributed by atoms with Gasteiger partial charge in [0, 0.05) is 11.7 Å². The summed E-state index contributed by atoms with van der Waals surface area (Å²) in [6, 6.07) is 0.765. The van der Waals surface area contributed by atoms with Crippen LogP contribution in [0.3, 0.4) is 0 Å². The van der Waals surface area contributed by atoms with Crippen LogP contribution < -0.4 is 5.32 Å². The van der Waals surface area contributed by atoms with E-state index in [2.05, 4.69) is 10.3 Å². The van der Waals surface area contributed by atoms with Gasteiger partial charge in [-0.2, -0.15) is 0 Å². The molecule has 3 rings (SSSR count). The summed E-state index contributed by atoms with van der Waals surface area (Å²) in [6.07, 6.45) is 16.2. The lowest BCUT2D eigenvalue weighted by Gasteiger charge is -2.06. The first kappa shape index (κ1) is 14.1. The van der Waals surface area contributed by atoms with Gasteiger partial charge in [0.05, 0.1) is 12.2 Å². The molecule has 112 valence electrons. The zero-order valence-electron chi connectivity index (χ0n) is 12.7. The van der Waals surface area contributed by atoms with E-state index in [0.717, 1.165) is 18.4 Å². The van der Waals surface area contributed by atoms with Crippen molar-refractivity contribution < 1.29 is 0 Å². The molecule has 0 unspecified atom stereocenters. The average Bonchev–Trinajstić information content (AvgIpc) is 3.19. The number of aryl methyl sites for hydroxylation is 2. The lowest BCUT2D eigenvalue weighted by atomic mass is 10.0. The predicted molar refractivity (Wildman–Crippen MR) is 82.8 cm³/mol. The standard InChI is InChI=1S/C17H29N3/c1-2-4-6-8-10-16-15(9-7-5-3-1)19-17(20-16)13-18-14-11-12-14/h14,18H,1-13H2,(H,19,20). The monoisotopic (exact) mass is 275 g/mol. The molecule has 0 aliphatic heterocycles. The zero-order chi connectivity index (χ0) is 13.6. The molecule has 2 aliphatic carbocycles. The van der Waals surface area contributed by atoms with E-state index in [1.165, 1.54) is 88.4 Å². The van der Waals surface area contributed by atoms with Crippen molar-refractivity contribution in [1.29, 1.82) is 0 Å². The minimum Gasteiger partial charge on any atom is -0.345 e. The number of hydrogen-bond acceptors (Lipinski definition) is 2. The van der Waals surface area contributed by atoms with Crippen molar-refractivity contribution in [3.63, 3.8) is 0 Å². The highest BCUT2D eigenvalue weighted by atomic mass is 15.0. The van der Waals surface area contributed by atoms with Crippen LogP contribution in [0.25, 0.3) is 0 Å². The number of nitrogens with one attached hydrogen (secondary N) is 2. The molecule has 3 heteroatoms. The summed E-state index contributed by atoms with van der Waals surface area (Å²) in [4.78, 5) is 8.46. The van der Waals surface area contributed by atoms with Crippen LogP contribution in [0.5, 0.6) is 0 Å². The lowest BCUT2D eigenvalue weighted by molar-refractivity contribution is 0.556. The number of hydrogen-bond donors (Lipinski definition) is 2. The Morgan fingerprint density at radius 1 is 0.900 bits per heavy atom. The number of aromatic nitrogens is 2. The van der Waals surface area contributed by atoms with E-state index < -0.39 is 0 Å². The highest BCUT2D eigenvalue weighted by Gasteiger charge is 2.21. The molecular formula is C17H29N3. The van der Waals surface area contributed by atoms with Crippen LogP contribution in [-0.4, -0.2) is 16.0 Å². The summed E-state index contributed by atoms with van der Waals surface area (Å²) >= 11 is 0. The van der Waals surface area contributed by atoms with Gasteiger partial charge in [-0.3, -0.25) is 0 Å². The second kappa shape index (κ2) is 7.26. The Hall–Kier alpha value is -0.830. The molecule has 20 heavy (non-hydrogen) atoms. The second-order valence-electron chi connectivity index (χ2n) is 6.59. The summed E-state index contributed by atoms with van der Waals surface area (Å²) in [7, 11) is 0. The number of H-pyrrole nitrogens is 1. The lowest BCUT2D eigenvalue weighted by Crippen LogP contribution is -2.16. The first-order chi connectivity index (χ1) is 9.92. The first-order valence-electron chi connectivity index (χ1n) is 8.72. The molecule has 1 fully saturated rings. The Morgan fingerprint density at radius 2 is 1.55 bits per heavy atom. The summed E-state index contributed by atoms with van der Waals surface area (Å²) in [5.41, 5.74) is 2.79. The largest absolute Gasteiger partial charge is 0.345 e. The Labute approximate surface area is 123 Å². The molecule has 2 aliphatic rings. The van der Waals surface area contributed by atoms with Crippen molar-refractivity contribution in [1.82, 2.24) is 15.3 Å². The number of aromatic amines is 1. The molecule has 3 nitrogen and oxygen atoms in total. The van der Waals surface area contributed by atoms with E-state index >= 15 is 0 Å². The molecule has 0 saturated heterocycles. The number of imidazole rings is 1. The van der Waals surface area contributed by atoms with Crippen molar-refractivity contribution in [2.45, 2.75) is 89.6 Å². The fourth-order valence-electron chi connectivity index (χ4n) is 3.19. The normalized spacial score (nSPS) is 21.8. The predicted octanol–water partition coefficient (Wildman–Crippen LogP) is 3.88. The van der Waals surface area contributed by atoms with Gasteiger partial charge >= 0.3 is 0 Å². The van der Waals surface area contributed by atoms with Crippen molar-refractivity contribution >= 4 is 0 Å². The third kappa shape index (κ3) is 4.34. The Bertz CT molecular complexity index is 377. The van der Waals surface area contributed by atoms with Gasteiger partial charge in [0.2, 0.25) is 0 Å². The third-order valence-corrected chi connectivity index (χ3v) is 4.64. The Balaban J connectivity index is 1.60. The van der Waals surface area contributed by atoms with E-state index in [-0.39, 0.29) is 0 Å². The maximum Gasteiger partial charge on any atom is 0.120 e. The summed E-state index contributed by atoms with van der Waals surface area (Å²) < 4.78 is 0. The molecule has 1 saturated carbocycles. The van der Waals surface area contributed by atoms with Gasteiger partial charge in [-0.05, 0) is 38.5 Å². The third-order valence-electron chi connectivity index (χ3n) is 4.64. The van der Waals surface area contributed by atoms with Gasteiger partial charge in [-0.1, -0.05) is 38.5 Å². The molecule has 2 N–H and O–H groups in total. The van der Waals surface area contributed by atoms with Crippen LogP contribution in [-0.2, 0) is 19.4 Å². The average molecular weight is 275 g/mol. The van der Waals surface area contributed by atoms with Crippen LogP contribution in [0.15, 0.2) is 0 Å². The molecule has 0 amide bonds. The van der Waals surface area contributed by atoms with E-state index in [9.17, 15) is 0 Å². The van der Waals surface area contributed by atoms with Crippen molar-refractivity contribution in [2.24, 2.45) is 0 Å². The van der Waals surface area contributed by atoms with Crippen molar-refractivity contribution in [3.05, 3.63) is 17.2 Å². The summed E-state index contributed by atoms with van der Waals surface area (Å²) in [6.45, 7) is 0.928. The maximum absolute atomic E-state index is 4.86. The van der Waals surface area contributed by atoms with E-state index in [1.54, 1.807) is 0 Å². The maximum atomic E-state index is 4.86. The molecule has 1 aromatic heterocycles. The minimum atomic E-state index is 0.765. The molecule has 0 atom stereocenters. The van der Waals surface area contributed by atoms with Crippen LogP contribution in [0.4, 0.5) is 0 Å². The van der Waals surface area contributed by atoms with Crippen molar-refractivity contribution in [2.75, 3.05) is 0 Å². The number of nitrogens with zero attached hydrogens (tertiary/aromatic N) is 1. The molecule has 0 aromatic carbocycles. The van der Waals surface area contributed by atoms with Gasteiger partial charge < -0.3 is 10.3 Å². The smallest absolute Gasteiger partial charge is 0.120 e. The number of fused-ring (bicyclic) bond motifs is 1. The van der Waals surface area contributed by atoms with E-state index in [0.29, 0.717) is 0 Å². The van der Waals surface area contributed by atoms with Crippen LogP contribution in [0, 0.1) is 0 Å². The van der Waals surface area contributed by atoms with Gasteiger partial charge in [-0.15, -0.1) is 0 Å². The van der Waals surface area contributed by atoms with Gasteiger partial charge in [0.15, 0.2) is 0 Å². The highest BCUT2D eigenvalue weighted by Crippen LogP contribution is 2.20. The highest BCUT2D eigenvalue weighted by molar-refractivity contribution is 5.15. The summed E-state index contributed by atoms with van der Waals surface area (Å²) in [5.74, 6) is 1.16. The molecular weight excluding hydrogens is 246 g/mol. The Morgan fingerprint density at radius 3 is 2.25 bits per heavy atom. The SMILES string of the molecule is C1CCCCCc2[nH]c(CNC3CC3)nc2CCCC1. The zero-order valence-corrected chi connectivity index (χ0v) is 12.7. The van der Waals surface area contributed by atoms with Crippen LogP contribution in [0.1, 0.15) is 81.4 Å². The van der Waals surface area contributed by atoms with E-state index in [1.807, 2.05) is 0 Å². The molecule has 1 aromatic rings. The first-order valence-corrected chi connectivity index (χ1v) is 8.72. The topological polar surface area (TPSA) is 40.7 Å². The molecule has 0 spiro atoms. The fraction of sp³-hybridized carbons (Fsp3) is 0.824. The second-order valence-corrected chi connectivity index (χ2v) is 6.59. The van der Waals surface area contributed by atoms with Gasteiger partial charge in [0.1, 0.15) is 5.82 Å². The molecule has 0 bridgehead atoms. The summed E-state index contributed by atoms with van der Waals surface area (Å²) in [5, 5.41) is 3.56. The van der Waals surface area contributed by atoms with Crippen LogP contribution >= 0.6 is 0 Å². The molecule has 1 heterocycles. The van der Waals surface area contributed by atoms with Gasteiger partial charge in [-0.25, -0.2) is 4.98 Å². The Kier molecular flexibility index (Phi) is 5.12. The quantitative estimate of drug-likeness (QED) is 0.879. The number of rotatable bonds is 3. The fourth-order valence-corrected chi connectivity index (χ4v) is 3.19. The van der Waals surface area contributed by atoms with Crippen LogP contribution in [0.2, 0.25) is 0 Å². The van der Waals surface area contributed by atoms with Crippen molar-refractivity contribution in [3.8, 4) is 0 Å². The molecule has 0 radical (unpaired) electrons.